The van der Waals surface area contributed by atoms with Crippen LogP contribution in [0.25, 0.3) is 0 Å². The maximum absolute atomic E-state index is 12.3. The number of aromatic nitrogens is 1. The van der Waals surface area contributed by atoms with Gasteiger partial charge in [0.15, 0.2) is 0 Å². The Bertz CT molecular complexity index is 375. The van der Waals surface area contributed by atoms with Crippen molar-refractivity contribution >= 4 is 11.8 Å². The number of halogens is 3. The topological polar surface area (TPSA) is 12.9 Å². The lowest BCUT2D eigenvalue weighted by molar-refractivity contribution is -0.141. The average molecular weight is 224 g/mol. The van der Waals surface area contributed by atoms with Crippen molar-refractivity contribution in [1.82, 2.24) is 4.98 Å². The lowest BCUT2D eigenvalue weighted by atomic mass is 10.2. The number of hydrogen-bond acceptors (Lipinski definition) is 2. The molecule has 0 amide bonds. The molecular formula is C9H10F3NS. The molecule has 5 heteroatoms. The van der Waals surface area contributed by atoms with Crippen molar-refractivity contribution in [3.8, 4) is 0 Å². The van der Waals surface area contributed by atoms with E-state index in [0.29, 0.717) is 0 Å². The minimum Gasteiger partial charge on any atom is -0.251 e. The second-order valence-electron chi connectivity index (χ2n) is 2.59. The summed E-state index contributed by atoms with van der Waals surface area (Å²) in [6.07, 6.45) is -1.95. The minimum atomic E-state index is -4.51. The molecule has 1 heterocycles. The highest BCUT2D eigenvalue weighted by atomic mass is 32.2. The van der Waals surface area contributed by atoms with Gasteiger partial charge in [-0.1, -0.05) is 6.07 Å². The van der Waals surface area contributed by atoms with Crippen molar-refractivity contribution in [2.75, 3.05) is 6.26 Å². The minimum absolute atomic E-state index is 0.269. The summed E-state index contributed by atoms with van der Waals surface area (Å²) in [5, 5.41) is -0.864. The maximum atomic E-state index is 12.3. The van der Waals surface area contributed by atoms with E-state index < -0.39 is 24.0 Å². The van der Waals surface area contributed by atoms with Gasteiger partial charge in [0, 0.05) is 15.6 Å². The third-order valence-electron chi connectivity index (χ3n) is 1.62. The molecule has 1 nitrogen and oxygen atoms in total. The van der Waals surface area contributed by atoms with Gasteiger partial charge >= 0.3 is 6.18 Å². The van der Waals surface area contributed by atoms with E-state index in [1.54, 1.807) is 6.26 Å². The first-order valence-electron chi connectivity index (χ1n) is 5.22. The van der Waals surface area contributed by atoms with Crippen LogP contribution in [-0.4, -0.2) is 11.2 Å². The van der Waals surface area contributed by atoms with Crippen molar-refractivity contribution in [3.63, 3.8) is 0 Å². The van der Waals surface area contributed by atoms with Gasteiger partial charge in [-0.2, -0.15) is 24.9 Å². The van der Waals surface area contributed by atoms with Crippen molar-refractivity contribution in [2.24, 2.45) is 0 Å². The Kier molecular flexibility index (Phi) is 2.27. The van der Waals surface area contributed by atoms with Crippen LogP contribution in [0.1, 0.15) is 27.5 Å². The first-order valence-corrected chi connectivity index (χ1v) is 5.01. The first kappa shape index (κ1) is 7.56. The molecule has 1 atom stereocenters. The van der Waals surface area contributed by atoms with E-state index in [4.69, 9.17) is 4.11 Å². The van der Waals surface area contributed by atoms with E-state index >= 15 is 0 Å². The molecule has 0 radical (unpaired) electrons. The normalized spacial score (nSPS) is 18.1. The zero-order valence-electron chi connectivity index (χ0n) is 10.3. The standard InChI is InChI=1S/C9H10F3NS/c1-6(14-2)7-3-4-8(13-5-7)9(10,11)12/h3-6H,1-2H3/i1D3. The molecule has 1 unspecified atom stereocenters. The van der Waals surface area contributed by atoms with Gasteiger partial charge in [-0.05, 0) is 24.7 Å². The molecule has 0 aromatic carbocycles. The number of rotatable bonds is 2. The number of nitrogens with zero attached hydrogens (tertiary/aromatic N) is 1. The number of pyridine rings is 1. The van der Waals surface area contributed by atoms with E-state index in [9.17, 15) is 13.2 Å². The quantitative estimate of drug-likeness (QED) is 0.762. The molecule has 0 aliphatic heterocycles. The zero-order valence-corrected chi connectivity index (χ0v) is 8.12. The molecule has 1 rings (SSSR count). The molecule has 78 valence electrons. The summed E-state index contributed by atoms with van der Waals surface area (Å²) in [5.41, 5.74) is -0.753. The Balaban J connectivity index is 3.02. The van der Waals surface area contributed by atoms with Gasteiger partial charge in [0.05, 0.1) is 0 Å². The molecular weight excluding hydrogens is 211 g/mol. The van der Waals surface area contributed by atoms with Crippen LogP contribution < -0.4 is 0 Å². The van der Waals surface area contributed by atoms with Gasteiger partial charge in [-0.3, -0.25) is 4.98 Å². The zero-order chi connectivity index (χ0) is 13.3. The molecule has 0 saturated carbocycles. The Morgan fingerprint density at radius 2 is 2.21 bits per heavy atom. The van der Waals surface area contributed by atoms with E-state index in [1.807, 2.05) is 0 Å². The number of hydrogen-bond donors (Lipinski definition) is 0. The van der Waals surface area contributed by atoms with Gasteiger partial charge in [0.2, 0.25) is 0 Å². The lowest BCUT2D eigenvalue weighted by Crippen LogP contribution is -2.07. The highest BCUT2D eigenvalue weighted by Crippen LogP contribution is 2.30. The number of alkyl halides is 3. The SMILES string of the molecule is [2H]C([2H])([2H])C(SC)c1ccc(C(F)(F)F)nc1. The van der Waals surface area contributed by atoms with Crippen LogP contribution in [0.3, 0.4) is 0 Å². The fourth-order valence-corrected chi connectivity index (χ4v) is 1.28. The van der Waals surface area contributed by atoms with E-state index in [2.05, 4.69) is 4.98 Å². The smallest absolute Gasteiger partial charge is 0.251 e. The molecule has 0 spiro atoms. The van der Waals surface area contributed by atoms with Crippen molar-refractivity contribution in [2.45, 2.75) is 18.3 Å². The average Bonchev–Trinajstić information content (AvgIpc) is 2.16. The highest BCUT2D eigenvalue weighted by Gasteiger charge is 2.32. The Morgan fingerprint density at radius 3 is 2.57 bits per heavy atom. The lowest BCUT2D eigenvalue weighted by Gasteiger charge is -2.09. The third kappa shape index (κ3) is 2.64. The second-order valence-corrected chi connectivity index (χ2v) is 3.53. The Morgan fingerprint density at radius 1 is 1.50 bits per heavy atom. The predicted molar refractivity (Wildman–Crippen MR) is 51.2 cm³/mol. The summed E-state index contributed by atoms with van der Waals surface area (Å²) >= 11 is 1.06. The Hall–Kier alpha value is -0.710. The molecule has 0 aliphatic rings. The summed E-state index contributed by atoms with van der Waals surface area (Å²) in [5.74, 6) is 0. The van der Waals surface area contributed by atoms with Crippen molar-refractivity contribution in [1.29, 1.82) is 0 Å². The van der Waals surface area contributed by atoms with Crippen LogP contribution in [-0.2, 0) is 6.18 Å². The Labute approximate surface area is 88.9 Å². The van der Waals surface area contributed by atoms with Crippen molar-refractivity contribution in [3.05, 3.63) is 29.6 Å². The van der Waals surface area contributed by atoms with Crippen LogP contribution in [0.5, 0.6) is 0 Å². The van der Waals surface area contributed by atoms with Crippen LogP contribution in [0, 0.1) is 0 Å². The second kappa shape index (κ2) is 4.21. The van der Waals surface area contributed by atoms with Crippen LogP contribution in [0.4, 0.5) is 13.2 Å². The fraction of sp³-hybridized carbons (Fsp3) is 0.444. The van der Waals surface area contributed by atoms with Crippen molar-refractivity contribution < 1.29 is 17.3 Å². The van der Waals surface area contributed by atoms with Gasteiger partial charge in [0.25, 0.3) is 0 Å². The summed E-state index contributed by atoms with van der Waals surface area (Å²) in [4.78, 5) is 3.24. The molecule has 0 bridgehead atoms. The van der Waals surface area contributed by atoms with Gasteiger partial charge in [-0.25, -0.2) is 0 Å². The molecule has 0 aliphatic carbocycles. The molecule has 0 N–H and O–H groups in total. The summed E-state index contributed by atoms with van der Waals surface area (Å²) < 4.78 is 58.6. The van der Waals surface area contributed by atoms with Gasteiger partial charge < -0.3 is 0 Å². The van der Waals surface area contributed by atoms with E-state index in [-0.39, 0.29) is 5.56 Å². The molecule has 14 heavy (non-hydrogen) atoms. The monoisotopic (exact) mass is 224 g/mol. The van der Waals surface area contributed by atoms with Crippen LogP contribution in [0.2, 0.25) is 0 Å². The molecule has 0 fully saturated rings. The summed E-state index contributed by atoms with van der Waals surface area (Å²) in [7, 11) is 0. The first-order chi connectivity index (χ1) is 7.66. The molecule has 1 aromatic rings. The summed E-state index contributed by atoms with van der Waals surface area (Å²) in [6.45, 7) is -2.26. The fourth-order valence-electron chi connectivity index (χ4n) is 0.864. The van der Waals surface area contributed by atoms with Gasteiger partial charge in [0.1, 0.15) is 5.69 Å². The van der Waals surface area contributed by atoms with E-state index in [1.165, 1.54) is 0 Å². The molecule has 1 aromatic heterocycles. The largest absolute Gasteiger partial charge is 0.433 e. The van der Waals surface area contributed by atoms with Crippen LogP contribution >= 0.6 is 11.8 Å². The maximum Gasteiger partial charge on any atom is 0.433 e. The number of thioether (sulfide) groups is 1. The predicted octanol–water partition coefficient (Wildman–Crippen LogP) is 3.52. The summed E-state index contributed by atoms with van der Waals surface area (Å²) in [6, 6.07) is 1.95. The molecule has 0 saturated heterocycles. The van der Waals surface area contributed by atoms with Gasteiger partial charge in [-0.15, -0.1) is 0 Å². The highest BCUT2D eigenvalue weighted by molar-refractivity contribution is 7.98. The third-order valence-corrected chi connectivity index (χ3v) is 2.36. The van der Waals surface area contributed by atoms with Crippen LogP contribution in [0.15, 0.2) is 18.3 Å². The van der Waals surface area contributed by atoms with E-state index in [0.717, 1.165) is 30.1 Å².